The lowest BCUT2D eigenvalue weighted by molar-refractivity contribution is -0.152. The molecule has 2 rings (SSSR count). The van der Waals surface area contributed by atoms with Crippen molar-refractivity contribution in [3.8, 4) is 0 Å². The lowest BCUT2D eigenvalue weighted by atomic mass is 9.81. The van der Waals surface area contributed by atoms with Crippen LogP contribution in [0.15, 0.2) is 0 Å². The Morgan fingerprint density at radius 1 is 1.25 bits per heavy atom. The van der Waals surface area contributed by atoms with Gasteiger partial charge in [0.1, 0.15) is 0 Å². The molecular weight excluding hydrogens is 204 g/mol. The number of carbonyl (C=O) groups excluding carboxylic acids is 2. The number of rotatable bonds is 3. The molecule has 0 aromatic carbocycles. The van der Waals surface area contributed by atoms with E-state index < -0.39 is 0 Å². The molecule has 0 atom stereocenters. The summed E-state index contributed by atoms with van der Waals surface area (Å²) >= 11 is 0. The van der Waals surface area contributed by atoms with E-state index in [4.69, 9.17) is 0 Å². The van der Waals surface area contributed by atoms with Crippen LogP contribution in [0.3, 0.4) is 0 Å². The fourth-order valence-electron chi connectivity index (χ4n) is 2.32. The smallest absolute Gasteiger partial charge is 0.229 e. The zero-order chi connectivity index (χ0) is 11.8. The quantitative estimate of drug-likeness (QED) is 0.720. The minimum Gasteiger partial charge on any atom is -0.316 e. The lowest BCUT2D eigenvalue weighted by Crippen LogP contribution is -2.49. The van der Waals surface area contributed by atoms with Gasteiger partial charge in [-0.3, -0.25) is 14.5 Å². The maximum atomic E-state index is 11.8. The van der Waals surface area contributed by atoms with Crippen LogP contribution >= 0.6 is 0 Å². The van der Waals surface area contributed by atoms with Gasteiger partial charge in [-0.05, 0) is 30.8 Å². The third kappa shape index (κ3) is 2.43. The Balaban J connectivity index is 1.88. The van der Waals surface area contributed by atoms with Crippen LogP contribution in [0.1, 0.15) is 33.1 Å². The number of nitrogens with one attached hydrogen (secondary N) is 1. The number of amides is 2. The van der Waals surface area contributed by atoms with Gasteiger partial charge in [0.15, 0.2) is 0 Å². The maximum absolute atomic E-state index is 11.8. The molecule has 2 aliphatic rings. The fourth-order valence-corrected chi connectivity index (χ4v) is 2.32. The van der Waals surface area contributed by atoms with Gasteiger partial charge < -0.3 is 5.32 Å². The summed E-state index contributed by atoms with van der Waals surface area (Å²) in [7, 11) is 0. The maximum Gasteiger partial charge on any atom is 0.229 e. The molecule has 0 unspecified atom stereocenters. The highest BCUT2D eigenvalue weighted by Crippen LogP contribution is 2.31. The van der Waals surface area contributed by atoms with Crippen molar-refractivity contribution in [2.24, 2.45) is 11.3 Å². The van der Waals surface area contributed by atoms with E-state index in [0.717, 1.165) is 19.5 Å². The molecular formula is C12H20N2O2. The monoisotopic (exact) mass is 224 g/mol. The summed E-state index contributed by atoms with van der Waals surface area (Å²) in [6.07, 6.45) is 1.95. The topological polar surface area (TPSA) is 49.4 Å². The summed E-state index contributed by atoms with van der Waals surface area (Å²) in [6, 6.07) is 0. The van der Waals surface area contributed by atoms with E-state index in [1.54, 1.807) is 0 Å². The van der Waals surface area contributed by atoms with Crippen molar-refractivity contribution in [2.45, 2.75) is 33.1 Å². The highest BCUT2D eigenvalue weighted by Gasteiger charge is 2.37. The van der Waals surface area contributed by atoms with E-state index in [1.807, 2.05) is 13.8 Å². The van der Waals surface area contributed by atoms with Crippen molar-refractivity contribution >= 4 is 11.8 Å². The van der Waals surface area contributed by atoms with E-state index in [-0.39, 0.29) is 17.2 Å². The third-order valence-electron chi connectivity index (χ3n) is 3.49. The Labute approximate surface area is 96.4 Å². The predicted molar refractivity (Wildman–Crippen MR) is 60.7 cm³/mol. The Morgan fingerprint density at radius 3 is 2.25 bits per heavy atom. The number of nitrogens with zero attached hydrogens (tertiary/aromatic N) is 1. The van der Waals surface area contributed by atoms with Crippen LogP contribution in [-0.4, -0.2) is 36.3 Å². The van der Waals surface area contributed by atoms with E-state index in [9.17, 15) is 9.59 Å². The van der Waals surface area contributed by atoms with Crippen molar-refractivity contribution < 1.29 is 9.59 Å². The van der Waals surface area contributed by atoms with Gasteiger partial charge in [-0.25, -0.2) is 0 Å². The van der Waals surface area contributed by atoms with Gasteiger partial charge in [0, 0.05) is 19.4 Å². The minimum absolute atomic E-state index is 0.00790. The van der Waals surface area contributed by atoms with Crippen molar-refractivity contribution in [3.05, 3.63) is 0 Å². The summed E-state index contributed by atoms with van der Waals surface area (Å²) < 4.78 is 0. The first-order chi connectivity index (χ1) is 7.48. The van der Waals surface area contributed by atoms with Crippen LogP contribution in [-0.2, 0) is 9.59 Å². The molecule has 2 aliphatic heterocycles. The minimum atomic E-state index is -0.150. The fraction of sp³-hybridized carbons (Fsp3) is 0.833. The van der Waals surface area contributed by atoms with Gasteiger partial charge in [0.05, 0.1) is 0 Å². The van der Waals surface area contributed by atoms with E-state index in [0.29, 0.717) is 25.3 Å². The molecule has 0 bridgehead atoms. The average molecular weight is 224 g/mol. The number of likely N-dealkylation sites (tertiary alicyclic amines) is 1. The van der Waals surface area contributed by atoms with Crippen molar-refractivity contribution in [1.82, 2.24) is 10.2 Å². The van der Waals surface area contributed by atoms with Crippen LogP contribution in [0.4, 0.5) is 0 Å². The number of carbonyl (C=O) groups is 2. The molecule has 2 heterocycles. The first-order valence-electron chi connectivity index (χ1n) is 6.02. The van der Waals surface area contributed by atoms with E-state index in [1.165, 1.54) is 4.90 Å². The molecule has 2 amide bonds. The number of piperidine rings is 1. The molecule has 4 heteroatoms. The van der Waals surface area contributed by atoms with Gasteiger partial charge in [-0.1, -0.05) is 13.8 Å². The molecule has 0 aromatic heterocycles. The van der Waals surface area contributed by atoms with Gasteiger partial charge >= 0.3 is 0 Å². The van der Waals surface area contributed by atoms with Crippen LogP contribution < -0.4 is 5.32 Å². The van der Waals surface area contributed by atoms with Gasteiger partial charge in [-0.15, -0.1) is 0 Å². The Morgan fingerprint density at radius 2 is 1.81 bits per heavy atom. The highest BCUT2D eigenvalue weighted by molar-refractivity contribution is 5.98. The molecule has 1 N–H and O–H groups in total. The van der Waals surface area contributed by atoms with Crippen molar-refractivity contribution in [3.63, 3.8) is 0 Å². The summed E-state index contributed by atoms with van der Waals surface area (Å²) in [6.45, 7) is 6.63. The zero-order valence-corrected chi connectivity index (χ0v) is 10.1. The molecule has 4 nitrogen and oxygen atoms in total. The number of hydrogen-bond acceptors (Lipinski definition) is 3. The van der Waals surface area contributed by atoms with E-state index >= 15 is 0 Å². The molecule has 2 fully saturated rings. The molecule has 0 spiro atoms. The van der Waals surface area contributed by atoms with Gasteiger partial charge in [0.25, 0.3) is 0 Å². The summed E-state index contributed by atoms with van der Waals surface area (Å²) in [5.74, 6) is 0.664. The van der Waals surface area contributed by atoms with Crippen molar-refractivity contribution in [2.75, 3.05) is 19.6 Å². The Kier molecular flexibility index (Phi) is 3.02. The molecule has 0 radical (unpaired) electrons. The molecule has 0 aliphatic carbocycles. The molecule has 16 heavy (non-hydrogen) atoms. The molecule has 2 saturated heterocycles. The van der Waals surface area contributed by atoms with E-state index in [2.05, 4.69) is 5.32 Å². The largest absolute Gasteiger partial charge is 0.316 e. The standard InChI is InChI=1S/C12H20N2O2/c1-12(2)5-10(15)14(11(16)6-12)4-3-9-7-13-8-9/h9,13H,3-8H2,1-2H3. The summed E-state index contributed by atoms with van der Waals surface area (Å²) in [5, 5.41) is 3.20. The Hall–Kier alpha value is -0.900. The van der Waals surface area contributed by atoms with Crippen LogP contribution in [0, 0.1) is 11.3 Å². The second kappa shape index (κ2) is 4.17. The highest BCUT2D eigenvalue weighted by atomic mass is 16.2. The SMILES string of the molecule is CC1(C)CC(=O)N(CCC2CNC2)C(=O)C1. The Bertz CT molecular complexity index is 288. The molecule has 0 aromatic rings. The number of hydrogen-bond donors (Lipinski definition) is 1. The van der Waals surface area contributed by atoms with Crippen LogP contribution in [0.2, 0.25) is 0 Å². The molecule has 90 valence electrons. The van der Waals surface area contributed by atoms with Crippen molar-refractivity contribution in [1.29, 1.82) is 0 Å². The first-order valence-corrected chi connectivity index (χ1v) is 6.02. The third-order valence-corrected chi connectivity index (χ3v) is 3.49. The van der Waals surface area contributed by atoms with Gasteiger partial charge in [-0.2, -0.15) is 0 Å². The second-order valence-electron chi connectivity index (χ2n) is 5.77. The first kappa shape index (κ1) is 11.6. The van der Waals surface area contributed by atoms with Crippen LogP contribution in [0.5, 0.6) is 0 Å². The summed E-state index contributed by atoms with van der Waals surface area (Å²) in [4.78, 5) is 25.1. The zero-order valence-electron chi connectivity index (χ0n) is 10.1. The lowest BCUT2D eigenvalue weighted by Gasteiger charge is -2.36. The average Bonchev–Trinajstić information content (AvgIpc) is 2.04. The summed E-state index contributed by atoms with van der Waals surface area (Å²) in [5.41, 5.74) is -0.150. The second-order valence-corrected chi connectivity index (χ2v) is 5.77. The van der Waals surface area contributed by atoms with Crippen LogP contribution in [0.25, 0.3) is 0 Å². The van der Waals surface area contributed by atoms with Gasteiger partial charge in [0.2, 0.25) is 11.8 Å². The molecule has 0 saturated carbocycles. The normalized spacial score (nSPS) is 25.8. The predicted octanol–water partition coefficient (Wildman–Crippen LogP) is 0.771. The number of imide groups is 1.